The summed E-state index contributed by atoms with van der Waals surface area (Å²) in [6.07, 6.45) is -0.259. The van der Waals surface area contributed by atoms with Gasteiger partial charge in [-0.2, -0.15) is 0 Å². The molecule has 12 nitrogen and oxygen atoms in total. The lowest BCUT2D eigenvalue weighted by molar-refractivity contribution is -0.491. The lowest BCUT2D eigenvalue weighted by atomic mass is 10.0. The van der Waals surface area contributed by atoms with Crippen LogP contribution in [-0.4, -0.2) is 62.0 Å². The Balaban J connectivity index is 2.32. The van der Waals surface area contributed by atoms with Crippen molar-refractivity contribution in [2.75, 3.05) is 13.2 Å². The summed E-state index contributed by atoms with van der Waals surface area (Å²) in [6.45, 7) is 3.27. The van der Waals surface area contributed by atoms with Gasteiger partial charge in [-0.3, -0.25) is 25.9 Å². The summed E-state index contributed by atoms with van der Waals surface area (Å²) in [5.41, 5.74) is 0.291. The minimum absolute atomic E-state index is 0.0764. The van der Waals surface area contributed by atoms with E-state index in [0.29, 0.717) is 23.4 Å². The van der Waals surface area contributed by atoms with E-state index in [0.717, 1.165) is 0 Å². The largest absolute Gasteiger partial charge is 0.274 e. The molecule has 0 aliphatic carbocycles. The number of nitrogens with zero attached hydrogens (tertiary/aromatic N) is 2. The molecule has 2 heterocycles. The van der Waals surface area contributed by atoms with Gasteiger partial charge in [0.15, 0.2) is 9.84 Å². The number of fused-ring (bicyclic) bond motifs is 1. The van der Waals surface area contributed by atoms with Crippen molar-refractivity contribution in [2.45, 2.75) is 46.4 Å². The van der Waals surface area contributed by atoms with Crippen molar-refractivity contribution in [1.29, 1.82) is 0 Å². The Bertz CT molecular complexity index is 928. The Morgan fingerprint density at radius 2 is 2.11 bits per heavy atom. The molecule has 160 valence electrons. The highest BCUT2D eigenvalue weighted by Crippen LogP contribution is 2.44. The molecule has 15 heteroatoms. The number of rotatable bonds is 8. The van der Waals surface area contributed by atoms with E-state index in [9.17, 15) is 21.6 Å². The third-order valence-electron chi connectivity index (χ3n) is 4.22. The summed E-state index contributed by atoms with van der Waals surface area (Å²) in [5, 5.41) is 16.9. The first kappa shape index (κ1) is 23.1. The number of hydrazine groups is 1. The number of carbonyl (C=O) groups is 1. The Kier molecular flexibility index (Phi) is 7.17. The van der Waals surface area contributed by atoms with Crippen molar-refractivity contribution in [1.82, 2.24) is 15.1 Å². The first-order valence-corrected chi connectivity index (χ1v) is 12.0. The molecule has 0 spiro atoms. The van der Waals surface area contributed by atoms with Gasteiger partial charge in [0.25, 0.3) is 10.0 Å². The topological polar surface area (TPSA) is 180 Å². The Hall–Kier alpha value is -1.17. The number of hydrogen-bond donors (Lipinski definition) is 4. The lowest BCUT2D eigenvalue weighted by Gasteiger charge is -2.32. The smallest absolute Gasteiger partial charge is 0.273 e. The zero-order valence-corrected chi connectivity index (χ0v) is 17.6. The van der Waals surface area contributed by atoms with Crippen LogP contribution in [0.4, 0.5) is 0 Å². The van der Waals surface area contributed by atoms with E-state index in [1.807, 2.05) is 0 Å². The van der Waals surface area contributed by atoms with Gasteiger partial charge in [-0.15, -0.1) is 11.3 Å². The Morgan fingerprint density at radius 3 is 2.68 bits per heavy atom. The maximum absolute atomic E-state index is 12.6. The average Bonchev–Trinajstić information content (AvgIpc) is 3.04. The van der Waals surface area contributed by atoms with Crippen molar-refractivity contribution >= 4 is 37.1 Å². The Labute approximate surface area is 166 Å². The van der Waals surface area contributed by atoms with E-state index >= 15 is 0 Å². The summed E-state index contributed by atoms with van der Waals surface area (Å²) in [7, 11) is -8.04. The van der Waals surface area contributed by atoms with Gasteiger partial charge >= 0.3 is 0 Å². The number of hydrogen-bond acceptors (Lipinski definition) is 12. The van der Waals surface area contributed by atoms with E-state index in [-0.39, 0.29) is 14.8 Å². The summed E-state index contributed by atoms with van der Waals surface area (Å²) in [5.74, 6) is 4.99. The highest BCUT2D eigenvalue weighted by atomic mass is 32.3. The third kappa shape index (κ3) is 4.87. The number of thiophene rings is 1. The minimum Gasteiger partial charge on any atom is -0.274 e. The van der Waals surface area contributed by atoms with Crippen LogP contribution in [0.25, 0.3) is 0 Å². The molecule has 0 radical (unpaired) electrons. The average molecular weight is 459 g/mol. The van der Waals surface area contributed by atoms with Crippen LogP contribution in [0.2, 0.25) is 0 Å². The van der Waals surface area contributed by atoms with E-state index in [4.69, 9.17) is 16.3 Å². The summed E-state index contributed by atoms with van der Waals surface area (Å²) in [4.78, 5) is 15.9. The minimum atomic E-state index is -4.33. The molecule has 0 saturated carbocycles. The number of sulfonamides is 1. The van der Waals surface area contributed by atoms with Gasteiger partial charge < -0.3 is 0 Å². The molecular formula is C13H22N4O8S3. The van der Waals surface area contributed by atoms with Crippen LogP contribution >= 0.6 is 11.3 Å². The fourth-order valence-electron chi connectivity index (χ4n) is 2.71. The zero-order chi connectivity index (χ0) is 21.3. The highest BCUT2D eigenvalue weighted by Gasteiger charge is 2.41. The molecule has 1 aliphatic rings. The van der Waals surface area contributed by atoms with Crippen molar-refractivity contribution in [3.8, 4) is 0 Å². The van der Waals surface area contributed by atoms with E-state index in [1.54, 1.807) is 11.6 Å². The molecule has 0 aromatic carbocycles. The molecule has 2 atom stereocenters. The van der Waals surface area contributed by atoms with Crippen molar-refractivity contribution in [3.05, 3.63) is 11.6 Å². The second-order valence-electron chi connectivity index (χ2n) is 6.11. The molecular weight excluding hydrogens is 436 g/mol. The highest BCUT2D eigenvalue weighted by molar-refractivity contribution is 7.95. The number of nitrogens with two attached hydrogens (primary N) is 1. The quantitative estimate of drug-likeness (QED) is 0.298. The van der Waals surface area contributed by atoms with Gasteiger partial charge in [0.1, 0.15) is 8.42 Å². The summed E-state index contributed by atoms with van der Waals surface area (Å²) < 4.78 is 51.6. The maximum Gasteiger partial charge on any atom is 0.273 e. The van der Waals surface area contributed by atoms with Gasteiger partial charge in [-0.1, -0.05) is 6.92 Å². The maximum atomic E-state index is 12.6. The molecule has 1 unspecified atom stereocenters. The number of carbonyl (C=O) groups excluding carboxylic acids is 1. The number of amides is 1. The van der Waals surface area contributed by atoms with E-state index in [1.165, 1.54) is 18.0 Å². The summed E-state index contributed by atoms with van der Waals surface area (Å²) >= 11 is 0.563. The van der Waals surface area contributed by atoms with Crippen LogP contribution in [0.15, 0.2) is 14.5 Å². The zero-order valence-electron chi connectivity index (χ0n) is 15.1. The first-order chi connectivity index (χ1) is 12.9. The molecule has 2 rings (SSSR count). The fraction of sp³-hybridized carbons (Fsp3) is 0.615. The Morgan fingerprint density at radius 1 is 1.46 bits per heavy atom. The van der Waals surface area contributed by atoms with Crippen LogP contribution < -0.4 is 10.6 Å². The molecule has 0 bridgehead atoms. The molecule has 1 aromatic rings. The van der Waals surface area contributed by atoms with E-state index in [2.05, 4.69) is 4.84 Å². The normalized spacial score (nSPS) is 21.7. The molecule has 5 N–H and O–H groups in total. The fourth-order valence-corrected chi connectivity index (χ4v) is 7.70. The van der Waals surface area contributed by atoms with Gasteiger partial charge in [-0.05, 0) is 19.4 Å². The van der Waals surface area contributed by atoms with Crippen molar-refractivity contribution in [2.24, 2.45) is 5.84 Å². The van der Waals surface area contributed by atoms with Crippen molar-refractivity contribution < 1.29 is 36.9 Å². The van der Waals surface area contributed by atoms with E-state index < -0.39 is 55.5 Å². The van der Waals surface area contributed by atoms with Gasteiger partial charge in [0, 0.05) is 12.1 Å². The van der Waals surface area contributed by atoms with Gasteiger partial charge in [0.05, 0.1) is 29.7 Å². The molecule has 1 aliphatic heterocycles. The third-order valence-corrected chi connectivity index (χ3v) is 9.96. The summed E-state index contributed by atoms with van der Waals surface area (Å²) in [6, 6.07) is 0.752. The predicted octanol–water partition coefficient (Wildman–Crippen LogP) is -0.242. The van der Waals surface area contributed by atoms with Gasteiger partial charge in [-0.25, -0.2) is 26.6 Å². The standard InChI is InChI=1S/C13H22N4O8S3/c1-3-16(14)10-6-8(2)27(21,22)13-9(10)7-12(26-13)28(23,24)15-11(18)4-5-25-17(19)20/h7-8,10,19-20H,3-6,14H2,1-2H3,(H,15,18)/t8?,10-/m0/s1. The number of sulfone groups is 1. The molecule has 0 saturated heterocycles. The molecule has 0 fully saturated rings. The molecule has 1 amide bonds. The molecule has 28 heavy (non-hydrogen) atoms. The van der Waals surface area contributed by atoms with Crippen molar-refractivity contribution in [3.63, 3.8) is 0 Å². The lowest BCUT2D eigenvalue weighted by Crippen LogP contribution is -2.40. The monoisotopic (exact) mass is 458 g/mol. The predicted molar refractivity (Wildman–Crippen MR) is 96.2 cm³/mol. The van der Waals surface area contributed by atoms with Crippen LogP contribution in [0, 0.1) is 0 Å². The van der Waals surface area contributed by atoms with Crippen LogP contribution in [0.1, 0.15) is 38.3 Å². The second-order valence-corrected chi connectivity index (χ2v) is 11.6. The second kappa shape index (κ2) is 8.68. The molecule has 1 aromatic heterocycles. The van der Waals surface area contributed by atoms with Gasteiger partial charge in [0.2, 0.25) is 5.91 Å². The number of nitrogens with one attached hydrogen (secondary N) is 1. The van der Waals surface area contributed by atoms with Crippen LogP contribution in [0.3, 0.4) is 0 Å². The van der Waals surface area contributed by atoms with Crippen LogP contribution in [0.5, 0.6) is 0 Å². The van der Waals surface area contributed by atoms with Crippen LogP contribution in [-0.2, 0) is 29.5 Å². The SMILES string of the molecule is CCN(N)[C@H]1CC(C)S(=O)(=O)c2sc(S(=O)(=O)NC(=O)CCON(O)O)cc21. The first-order valence-electron chi connectivity index (χ1n) is 8.15.